The minimum absolute atomic E-state index is 0.145. The van der Waals surface area contributed by atoms with Crippen molar-refractivity contribution >= 4 is 28.1 Å². The van der Waals surface area contributed by atoms with Gasteiger partial charge in [0.2, 0.25) is 5.91 Å². The Labute approximate surface area is 185 Å². The summed E-state index contributed by atoms with van der Waals surface area (Å²) in [5.41, 5.74) is 8.89. The highest BCUT2D eigenvalue weighted by molar-refractivity contribution is 7.13. The van der Waals surface area contributed by atoms with Gasteiger partial charge in [0.1, 0.15) is 0 Å². The number of hydrogen-bond donors (Lipinski definition) is 3. The molecule has 2 aromatic carbocycles. The van der Waals surface area contributed by atoms with Crippen LogP contribution < -0.4 is 11.1 Å². The Kier molecular flexibility index (Phi) is 8.12. The number of nitrogen functional groups attached to an aromatic ring is 1. The maximum Gasteiger partial charge on any atom is 0.230 e. The minimum Gasteiger partial charge on any atom is -0.387 e. The second-order valence-corrected chi connectivity index (χ2v) is 8.06. The molecule has 1 aromatic heterocycles. The molecule has 7 nitrogen and oxygen atoms in total. The second kappa shape index (κ2) is 11.2. The molecular formula is C23H25N5O2S. The van der Waals surface area contributed by atoms with Crippen LogP contribution in [0.5, 0.6) is 0 Å². The highest BCUT2D eigenvalue weighted by atomic mass is 32.1. The summed E-state index contributed by atoms with van der Waals surface area (Å²) in [5.74, 6) is -0.145. The number of nitrogens with one attached hydrogen (secondary N) is 1. The van der Waals surface area contributed by atoms with Crippen molar-refractivity contribution in [3.05, 3.63) is 76.8 Å². The fraction of sp³-hybridized carbons (Fsp3) is 0.261. The molecule has 0 fully saturated rings. The number of aromatic nitrogens is 1. The number of thiazole rings is 1. The summed E-state index contributed by atoms with van der Waals surface area (Å²) in [4.78, 5) is 18.2. The number of nitrogens with two attached hydrogens (primary N) is 1. The van der Waals surface area contributed by atoms with Crippen LogP contribution >= 0.6 is 11.3 Å². The van der Waals surface area contributed by atoms with Crippen molar-refractivity contribution in [1.29, 1.82) is 5.26 Å². The molecule has 160 valence electrons. The van der Waals surface area contributed by atoms with E-state index in [0.717, 1.165) is 17.5 Å². The standard InChI is InChI=1S/C23H25N5O2S/c24-11-13-28(15-21(29)18-4-2-1-3-5-18)12-10-17-6-8-19(9-7-17)26-22(30)14-20-16-31-23(25)27-20/h1-9,16,21,29H,10,12-15H2,(H2,25,27)(H,26,30)/t21-/m0/s1. The molecule has 1 amide bonds. The highest BCUT2D eigenvalue weighted by Crippen LogP contribution is 2.16. The van der Waals surface area contributed by atoms with Gasteiger partial charge in [0.15, 0.2) is 5.13 Å². The Morgan fingerprint density at radius 1 is 1.23 bits per heavy atom. The number of rotatable bonds is 10. The molecule has 4 N–H and O–H groups in total. The largest absolute Gasteiger partial charge is 0.387 e. The Morgan fingerprint density at radius 3 is 2.61 bits per heavy atom. The minimum atomic E-state index is -0.639. The number of carbonyl (C=O) groups excluding carboxylic acids is 1. The number of carbonyl (C=O) groups is 1. The molecule has 0 radical (unpaired) electrons. The maximum absolute atomic E-state index is 12.1. The lowest BCUT2D eigenvalue weighted by Gasteiger charge is -2.22. The van der Waals surface area contributed by atoms with Crippen LogP contribution in [0.4, 0.5) is 10.8 Å². The van der Waals surface area contributed by atoms with Crippen LogP contribution in [0.3, 0.4) is 0 Å². The predicted octanol–water partition coefficient (Wildman–Crippen LogP) is 3.01. The fourth-order valence-corrected chi connectivity index (χ4v) is 3.74. The molecular weight excluding hydrogens is 410 g/mol. The van der Waals surface area contributed by atoms with Crippen molar-refractivity contribution < 1.29 is 9.90 Å². The molecule has 0 spiro atoms. The summed E-state index contributed by atoms with van der Waals surface area (Å²) >= 11 is 1.31. The van der Waals surface area contributed by atoms with E-state index in [-0.39, 0.29) is 18.9 Å². The van der Waals surface area contributed by atoms with Gasteiger partial charge in [0.05, 0.1) is 30.8 Å². The van der Waals surface area contributed by atoms with Gasteiger partial charge >= 0.3 is 0 Å². The number of aliphatic hydroxyl groups is 1. The quantitative estimate of drug-likeness (QED) is 0.422. The van der Waals surface area contributed by atoms with Gasteiger partial charge in [-0.3, -0.25) is 9.69 Å². The lowest BCUT2D eigenvalue weighted by Crippen LogP contribution is -2.31. The number of benzene rings is 2. The van der Waals surface area contributed by atoms with Crippen LogP contribution in [-0.2, 0) is 17.6 Å². The van der Waals surface area contributed by atoms with Gasteiger partial charge in [-0.2, -0.15) is 5.26 Å². The van der Waals surface area contributed by atoms with E-state index in [2.05, 4.69) is 16.4 Å². The summed E-state index contributed by atoms with van der Waals surface area (Å²) in [6.45, 7) is 1.29. The van der Waals surface area contributed by atoms with Crippen LogP contribution in [0.25, 0.3) is 0 Å². The van der Waals surface area contributed by atoms with E-state index < -0.39 is 6.10 Å². The Morgan fingerprint density at radius 2 is 1.97 bits per heavy atom. The number of aliphatic hydroxyl groups excluding tert-OH is 1. The van der Waals surface area contributed by atoms with Gasteiger partial charge in [-0.15, -0.1) is 11.3 Å². The van der Waals surface area contributed by atoms with Gasteiger partial charge in [-0.1, -0.05) is 42.5 Å². The molecule has 0 saturated heterocycles. The zero-order valence-corrected chi connectivity index (χ0v) is 17.9. The van der Waals surface area contributed by atoms with Crippen molar-refractivity contribution in [1.82, 2.24) is 9.88 Å². The molecule has 0 aliphatic carbocycles. The molecule has 0 unspecified atom stereocenters. The summed E-state index contributed by atoms with van der Waals surface area (Å²) in [5, 5.41) is 24.6. The van der Waals surface area contributed by atoms with Crippen molar-refractivity contribution in [2.75, 3.05) is 30.7 Å². The molecule has 0 aliphatic heterocycles. The normalized spacial score (nSPS) is 11.8. The first-order valence-corrected chi connectivity index (χ1v) is 10.8. The topological polar surface area (TPSA) is 115 Å². The SMILES string of the molecule is N#CCN(CCc1ccc(NC(=O)Cc2csc(N)n2)cc1)C[C@H](O)c1ccccc1. The van der Waals surface area contributed by atoms with E-state index >= 15 is 0 Å². The molecule has 8 heteroatoms. The van der Waals surface area contributed by atoms with Crippen LogP contribution in [0.15, 0.2) is 60.0 Å². The van der Waals surface area contributed by atoms with Gasteiger partial charge in [-0.05, 0) is 29.7 Å². The van der Waals surface area contributed by atoms with E-state index in [1.54, 1.807) is 5.38 Å². The van der Waals surface area contributed by atoms with Crippen molar-refractivity contribution in [3.63, 3.8) is 0 Å². The smallest absolute Gasteiger partial charge is 0.230 e. The zero-order chi connectivity index (χ0) is 22.1. The highest BCUT2D eigenvalue weighted by Gasteiger charge is 2.13. The molecule has 31 heavy (non-hydrogen) atoms. The third kappa shape index (κ3) is 7.19. The van der Waals surface area contributed by atoms with Crippen molar-refractivity contribution in [2.45, 2.75) is 18.9 Å². The Hall–Kier alpha value is -3.25. The second-order valence-electron chi connectivity index (χ2n) is 7.17. The monoisotopic (exact) mass is 435 g/mol. The van der Waals surface area contributed by atoms with E-state index in [4.69, 9.17) is 11.0 Å². The Bertz CT molecular complexity index is 1010. The number of nitriles is 1. The van der Waals surface area contributed by atoms with E-state index in [1.807, 2.05) is 59.5 Å². The molecule has 1 atom stereocenters. The van der Waals surface area contributed by atoms with Crippen LogP contribution in [0.1, 0.15) is 22.9 Å². The molecule has 3 rings (SSSR count). The van der Waals surface area contributed by atoms with E-state index in [9.17, 15) is 9.90 Å². The average Bonchev–Trinajstić information content (AvgIpc) is 3.18. The van der Waals surface area contributed by atoms with Crippen LogP contribution in [0.2, 0.25) is 0 Å². The number of amides is 1. The first kappa shape index (κ1) is 22.4. The fourth-order valence-electron chi connectivity index (χ4n) is 3.18. The molecule has 3 aromatic rings. The summed E-state index contributed by atoms with van der Waals surface area (Å²) in [6.07, 6.45) is 0.276. The number of hydrogen-bond acceptors (Lipinski definition) is 7. The Balaban J connectivity index is 1.49. The first-order chi connectivity index (χ1) is 15.0. The van der Waals surface area contributed by atoms with Crippen LogP contribution in [0, 0.1) is 11.3 Å². The maximum atomic E-state index is 12.1. The predicted molar refractivity (Wildman–Crippen MR) is 122 cm³/mol. The third-order valence-electron chi connectivity index (χ3n) is 4.78. The van der Waals surface area contributed by atoms with Crippen LogP contribution in [-0.4, -0.2) is 40.5 Å². The third-order valence-corrected chi connectivity index (χ3v) is 5.50. The van der Waals surface area contributed by atoms with Gasteiger partial charge in [0.25, 0.3) is 0 Å². The van der Waals surface area contributed by atoms with Gasteiger partial charge < -0.3 is 16.2 Å². The summed E-state index contributed by atoms with van der Waals surface area (Å²) < 4.78 is 0. The number of anilines is 2. The van der Waals surface area contributed by atoms with Gasteiger partial charge in [0, 0.05) is 24.2 Å². The van der Waals surface area contributed by atoms with E-state index in [0.29, 0.717) is 29.6 Å². The first-order valence-electron chi connectivity index (χ1n) is 9.94. The zero-order valence-electron chi connectivity index (χ0n) is 17.1. The van der Waals surface area contributed by atoms with Crippen molar-refractivity contribution in [2.24, 2.45) is 0 Å². The average molecular weight is 436 g/mol. The molecule has 0 saturated carbocycles. The van der Waals surface area contributed by atoms with Gasteiger partial charge in [-0.25, -0.2) is 4.98 Å². The number of nitrogens with zero attached hydrogens (tertiary/aromatic N) is 3. The molecule has 0 bridgehead atoms. The van der Waals surface area contributed by atoms with Crippen molar-refractivity contribution in [3.8, 4) is 6.07 Å². The lowest BCUT2D eigenvalue weighted by molar-refractivity contribution is -0.115. The molecule has 0 aliphatic rings. The lowest BCUT2D eigenvalue weighted by atomic mass is 10.1. The molecule has 1 heterocycles. The summed E-state index contributed by atoms with van der Waals surface area (Å²) in [7, 11) is 0. The summed E-state index contributed by atoms with van der Waals surface area (Å²) in [6, 6.07) is 19.2. The van der Waals surface area contributed by atoms with E-state index in [1.165, 1.54) is 11.3 Å².